The molecule has 0 amide bonds. The van der Waals surface area contributed by atoms with E-state index in [0.717, 1.165) is 22.5 Å². The summed E-state index contributed by atoms with van der Waals surface area (Å²) < 4.78 is 82.2. The first-order valence-corrected chi connectivity index (χ1v) is 12.7. The molecule has 0 radical (unpaired) electrons. The number of carboxylic acid groups (broad SMARTS) is 1. The highest BCUT2D eigenvalue weighted by molar-refractivity contribution is 7.89. The van der Waals surface area contributed by atoms with Gasteiger partial charge in [0, 0.05) is 18.7 Å². The molecule has 12 heteroatoms. The number of piperidine rings is 1. The summed E-state index contributed by atoms with van der Waals surface area (Å²) in [5, 5.41) is 14.8. The molecule has 0 saturated carbocycles. The van der Waals surface area contributed by atoms with E-state index in [-0.39, 0.29) is 19.4 Å². The molecule has 1 N–H and O–H groups in total. The number of aryl methyl sites for hydroxylation is 1. The van der Waals surface area contributed by atoms with Crippen molar-refractivity contribution >= 4 is 22.1 Å². The molecule has 0 unspecified atom stereocenters. The zero-order valence-corrected chi connectivity index (χ0v) is 20.3. The molecule has 2 heterocycles. The van der Waals surface area contributed by atoms with E-state index in [9.17, 15) is 35.9 Å². The number of alkyl halides is 3. The number of rotatable bonds is 4. The molecule has 7 nitrogen and oxygen atoms in total. The third kappa shape index (κ3) is 4.13. The molecule has 5 rings (SSSR count). The quantitative estimate of drug-likeness (QED) is 0.499. The zero-order chi connectivity index (χ0) is 26.8. The Kier molecular flexibility index (Phi) is 5.79. The van der Waals surface area contributed by atoms with E-state index < -0.39 is 50.4 Å². The molecule has 0 bridgehead atoms. The fourth-order valence-corrected chi connectivity index (χ4v) is 6.55. The van der Waals surface area contributed by atoms with Crippen LogP contribution in [0.4, 0.5) is 17.6 Å². The lowest BCUT2D eigenvalue weighted by Gasteiger charge is -2.43. The smallest absolute Gasteiger partial charge is 0.416 e. The SMILES string of the molecule is Cc1nn(-c2ccc(F)cc2)c2c1C[C@]1(C(=O)O)CN(S(=O)(=O)c3cccc(C(F)(F)F)c3)CCC1=C2. The van der Waals surface area contributed by atoms with Crippen molar-refractivity contribution in [3.63, 3.8) is 0 Å². The minimum Gasteiger partial charge on any atom is -0.481 e. The molecule has 2 aliphatic rings. The zero-order valence-electron chi connectivity index (χ0n) is 19.5. The normalized spacial score (nSPS) is 20.2. The predicted molar refractivity (Wildman–Crippen MR) is 125 cm³/mol. The fourth-order valence-electron chi connectivity index (χ4n) is 5.00. The van der Waals surface area contributed by atoms with Crippen LogP contribution in [0.15, 0.2) is 59.0 Å². The third-order valence-corrected chi connectivity index (χ3v) is 8.83. The van der Waals surface area contributed by atoms with Gasteiger partial charge in [-0.2, -0.15) is 22.6 Å². The highest BCUT2D eigenvalue weighted by Crippen LogP contribution is 2.46. The first-order chi connectivity index (χ1) is 17.3. The number of hydrogen-bond donors (Lipinski definition) is 1. The molecule has 3 aromatic rings. The molecule has 1 fully saturated rings. The van der Waals surface area contributed by atoms with Gasteiger partial charge < -0.3 is 5.11 Å². The number of fused-ring (bicyclic) bond motifs is 2. The van der Waals surface area contributed by atoms with Crippen molar-refractivity contribution in [2.45, 2.75) is 30.8 Å². The summed E-state index contributed by atoms with van der Waals surface area (Å²) >= 11 is 0. The Hall–Kier alpha value is -3.51. The molecule has 1 atom stereocenters. The maximum atomic E-state index is 13.4. The number of sulfonamides is 1. The number of benzene rings is 2. The number of halogens is 4. The highest BCUT2D eigenvalue weighted by atomic mass is 32.2. The summed E-state index contributed by atoms with van der Waals surface area (Å²) in [7, 11) is -4.41. The number of carboxylic acids is 1. The first-order valence-electron chi connectivity index (χ1n) is 11.3. The van der Waals surface area contributed by atoms with E-state index in [2.05, 4.69) is 5.10 Å². The lowest BCUT2D eigenvalue weighted by molar-refractivity contribution is -0.148. The molecule has 1 aliphatic heterocycles. The fraction of sp³-hybridized carbons (Fsp3) is 0.280. The minimum absolute atomic E-state index is 0.0505. The van der Waals surface area contributed by atoms with Gasteiger partial charge >= 0.3 is 12.1 Å². The molecule has 2 aromatic carbocycles. The van der Waals surface area contributed by atoms with E-state index >= 15 is 0 Å². The van der Waals surface area contributed by atoms with Crippen LogP contribution in [0, 0.1) is 18.2 Å². The van der Waals surface area contributed by atoms with Crippen LogP contribution in [0.2, 0.25) is 0 Å². The molecule has 194 valence electrons. The summed E-state index contributed by atoms with van der Waals surface area (Å²) in [6.07, 6.45) is -3.03. The molecule has 0 spiro atoms. The summed E-state index contributed by atoms with van der Waals surface area (Å²) in [5.74, 6) is -1.65. The van der Waals surface area contributed by atoms with Crippen molar-refractivity contribution in [2.75, 3.05) is 13.1 Å². The van der Waals surface area contributed by atoms with Crippen LogP contribution >= 0.6 is 0 Å². The molecular formula is C25H21F4N3O4S. The van der Waals surface area contributed by atoms with E-state index in [1.807, 2.05) is 0 Å². The van der Waals surface area contributed by atoms with Crippen LogP contribution in [0.25, 0.3) is 11.8 Å². The average Bonchev–Trinajstić information content (AvgIpc) is 3.17. The maximum absolute atomic E-state index is 13.4. The summed E-state index contributed by atoms with van der Waals surface area (Å²) in [6, 6.07) is 9.08. The lowest BCUT2D eigenvalue weighted by Crippen LogP contribution is -2.53. The van der Waals surface area contributed by atoms with Gasteiger partial charge in [0.25, 0.3) is 0 Å². The molecule has 37 heavy (non-hydrogen) atoms. The number of hydrogen-bond acceptors (Lipinski definition) is 4. The van der Waals surface area contributed by atoms with Crippen LogP contribution in [0.5, 0.6) is 0 Å². The van der Waals surface area contributed by atoms with E-state index in [1.54, 1.807) is 29.8 Å². The van der Waals surface area contributed by atoms with Gasteiger partial charge in [0.2, 0.25) is 10.0 Å². The van der Waals surface area contributed by atoms with E-state index in [1.165, 1.54) is 12.1 Å². The number of carbonyl (C=O) groups is 1. The Balaban J connectivity index is 1.54. The van der Waals surface area contributed by atoms with Crippen molar-refractivity contribution in [1.29, 1.82) is 0 Å². The second-order valence-electron chi connectivity index (χ2n) is 9.19. The van der Waals surface area contributed by atoms with Gasteiger partial charge in [-0.15, -0.1) is 0 Å². The van der Waals surface area contributed by atoms with Crippen LogP contribution in [-0.2, 0) is 27.4 Å². The van der Waals surface area contributed by atoms with Gasteiger partial charge in [-0.1, -0.05) is 6.07 Å². The van der Waals surface area contributed by atoms with Gasteiger partial charge in [0.1, 0.15) is 11.2 Å². The predicted octanol–water partition coefficient (Wildman–Crippen LogP) is 4.44. The number of aliphatic carboxylic acids is 1. The van der Waals surface area contributed by atoms with Crippen molar-refractivity contribution < 1.29 is 35.9 Å². The topological polar surface area (TPSA) is 92.5 Å². The molecule has 1 aliphatic carbocycles. The first kappa shape index (κ1) is 25.2. The number of nitrogens with zero attached hydrogens (tertiary/aromatic N) is 3. The molecule has 1 aromatic heterocycles. The Morgan fingerprint density at radius 2 is 1.84 bits per heavy atom. The van der Waals surface area contributed by atoms with Gasteiger partial charge in [0.05, 0.1) is 27.5 Å². The third-order valence-electron chi connectivity index (χ3n) is 6.98. The monoisotopic (exact) mass is 535 g/mol. The van der Waals surface area contributed by atoms with Crippen LogP contribution < -0.4 is 0 Å². The molecular weight excluding hydrogens is 514 g/mol. The Labute approximate surface area is 209 Å². The standard InChI is InChI=1S/C25H21F4N3O4S/c1-15-21-13-24(23(33)34)14-31(37(35,36)20-4-2-3-17(11-20)25(27,28)29)10-9-16(24)12-22(21)32(30-15)19-7-5-18(26)6-8-19/h2-8,11-12H,9-10,13-14H2,1H3,(H,33,34)/t24-/m0/s1. The van der Waals surface area contributed by atoms with Gasteiger partial charge in [0.15, 0.2) is 0 Å². The van der Waals surface area contributed by atoms with E-state index in [4.69, 9.17) is 0 Å². The van der Waals surface area contributed by atoms with Crippen LogP contribution in [-0.4, -0.2) is 46.7 Å². The largest absolute Gasteiger partial charge is 0.481 e. The molecule has 1 saturated heterocycles. The van der Waals surface area contributed by atoms with Crippen LogP contribution in [0.1, 0.15) is 28.9 Å². The Morgan fingerprint density at radius 3 is 2.49 bits per heavy atom. The summed E-state index contributed by atoms with van der Waals surface area (Å²) in [5.41, 5.74) is 0.125. The van der Waals surface area contributed by atoms with Gasteiger partial charge in [-0.25, -0.2) is 17.5 Å². The Morgan fingerprint density at radius 1 is 1.14 bits per heavy atom. The summed E-state index contributed by atoms with van der Waals surface area (Å²) in [6.45, 7) is 1.17. The van der Waals surface area contributed by atoms with Crippen molar-refractivity contribution in [2.24, 2.45) is 5.41 Å². The average molecular weight is 536 g/mol. The second-order valence-corrected chi connectivity index (χ2v) is 11.1. The minimum atomic E-state index is -4.73. The van der Waals surface area contributed by atoms with E-state index in [0.29, 0.717) is 34.3 Å². The van der Waals surface area contributed by atoms with Gasteiger partial charge in [-0.3, -0.25) is 4.79 Å². The van der Waals surface area contributed by atoms with Crippen molar-refractivity contribution in [3.8, 4) is 5.69 Å². The Bertz CT molecular complexity index is 1540. The maximum Gasteiger partial charge on any atom is 0.416 e. The van der Waals surface area contributed by atoms with Gasteiger partial charge in [-0.05, 0) is 73.9 Å². The van der Waals surface area contributed by atoms with Crippen molar-refractivity contribution in [1.82, 2.24) is 14.1 Å². The second kappa shape index (κ2) is 8.52. The number of aromatic nitrogens is 2. The lowest BCUT2D eigenvalue weighted by atomic mass is 9.68. The van der Waals surface area contributed by atoms with Crippen molar-refractivity contribution in [3.05, 3.63) is 82.4 Å². The van der Waals surface area contributed by atoms with Crippen LogP contribution in [0.3, 0.4) is 0 Å². The highest BCUT2D eigenvalue weighted by Gasteiger charge is 2.51. The summed E-state index contributed by atoms with van der Waals surface area (Å²) in [4.78, 5) is 12.1.